The maximum absolute atomic E-state index is 12.0. The van der Waals surface area contributed by atoms with Crippen LogP contribution in [0.15, 0.2) is 48.5 Å². The topological polar surface area (TPSA) is 74.6 Å². The maximum atomic E-state index is 12.0. The first-order valence-corrected chi connectivity index (χ1v) is 6.39. The van der Waals surface area contributed by atoms with Crippen LogP contribution >= 0.6 is 11.6 Å². The summed E-state index contributed by atoms with van der Waals surface area (Å²) >= 11 is 5.78. The number of aromatic carboxylic acids is 1. The molecule has 2 rings (SSSR count). The molecule has 0 unspecified atom stereocenters. The average Bonchev–Trinajstić information content (AvgIpc) is 2.47. The number of carboxylic acids is 1. The van der Waals surface area contributed by atoms with Gasteiger partial charge in [0.05, 0.1) is 11.1 Å². The van der Waals surface area contributed by atoms with Gasteiger partial charge in [0.1, 0.15) is 5.75 Å². The molecule has 0 amide bonds. The van der Waals surface area contributed by atoms with Crippen LogP contribution in [0.3, 0.4) is 0 Å². The van der Waals surface area contributed by atoms with E-state index in [1.807, 2.05) is 0 Å². The first-order valence-electron chi connectivity index (χ1n) is 6.01. The molecule has 0 aliphatic heterocycles. The largest absolute Gasteiger partial charge is 0.507 e. The lowest BCUT2D eigenvalue weighted by Gasteiger charge is -2.01. The van der Waals surface area contributed by atoms with Gasteiger partial charge in [-0.05, 0) is 42.0 Å². The van der Waals surface area contributed by atoms with E-state index in [1.165, 1.54) is 42.5 Å². The summed E-state index contributed by atoms with van der Waals surface area (Å²) in [4.78, 5) is 22.7. The van der Waals surface area contributed by atoms with Gasteiger partial charge in [-0.2, -0.15) is 0 Å². The lowest BCUT2D eigenvalue weighted by molar-refractivity contribution is 0.0696. The summed E-state index contributed by atoms with van der Waals surface area (Å²) in [6, 6.07) is 10.3. The number of hydrogen-bond acceptors (Lipinski definition) is 3. The number of benzene rings is 2. The van der Waals surface area contributed by atoms with E-state index < -0.39 is 11.8 Å². The number of carbonyl (C=O) groups excluding carboxylic acids is 1. The van der Waals surface area contributed by atoms with Crippen LogP contribution in [0.4, 0.5) is 0 Å². The van der Waals surface area contributed by atoms with Gasteiger partial charge in [-0.25, -0.2) is 4.79 Å². The quantitative estimate of drug-likeness (QED) is 0.668. The Morgan fingerprint density at radius 1 is 1.05 bits per heavy atom. The molecule has 21 heavy (non-hydrogen) atoms. The molecule has 0 aliphatic rings. The van der Waals surface area contributed by atoms with E-state index in [0.29, 0.717) is 10.6 Å². The highest BCUT2D eigenvalue weighted by Gasteiger charge is 2.08. The molecule has 0 bridgehead atoms. The lowest BCUT2D eigenvalue weighted by Crippen LogP contribution is -1.96. The number of aromatic hydroxyl groups is 1. The first kappa shape index (κ1) is 14.8. The number of allylic oxidation sites excluding steroid dienone is 1. The summed E-state index contributed by atoms with van der Waals surface area (Å²) in [5, 5.41) is 18.8. The van der Waals surface area contributed by atoms with Gasteiger partial charge in [0.15, 0.2) is 5.78 Å². The van der Waals surface area contributed by atoms with Gasteiger partial charge >= 0.3 is 5.97 Å². The molecular weight excluding hydrogens is 292 g/mol. The monoisotopic (exact) mass is 302 g/mol. The van der Waals surface area contributed by atoms with Crippen molar-refractivity contribution in [2.75, 3.05) is 0 Å². The molecule has 0 heterocycles. The average molecular weight is 303 g/mol. The molecule has 4 nitrogen and oxygen atoms in total. The molecule has 0 aromatic heterocycles. The third-order valence-corrected chi connectivity index (χ3v) is 3.04. The molecule has 0 saturated carbocycles. The minimum atomic E-state index is -1.01. The maximum Gasteiger partial charge on any atom is 0.335 e. The highest BCUT2D eigenvalue weighted by molar-refractivity contribution is 6.31. The molecular formula is C16H11ClO4. The Bertz CT molecular complexity index is 718. The number of halogens is 1. The van der Waals surface area contributed by atoms with E-state index in [1.54, 1.807) is 12.1 Å². The number of hydrogen-bond donors (Lipinski definition) is 2. The van der Waals surface area contributed by atoms with Crippen LogP contribution in [0.25, 0.3) is 6.08 Å². The Balaban J connectivity index is 2.18. The van der Waals surface area contributed by atoms with Gasteiger partial charge < -0.3 is 10.2 Å². The van der Waals surface area contributed by atoms with Gasteiger partial charge in [-0.3, -0.25) is 4.79 Å². The summed E-state index contributed by atoms with van der Waals surface area (Å²) in [5.74, 6) is -1.54. The van der Waals surface area contributed by atoms with Crippen LogP contribution in [-0.2, 0) is 0 Å². The Labute approximate surface area is 125 Å². The third-order valence-electron chi connectivity index (χ3n) is 2.81. The normalized spacial score (nSPS) is 10.7. The molecule has 106 valence electrons. The van der Waals surface area contributed by atoms with Crippen LogP contribution in [0.1, 0.15) is 26.3 Å². The molecule has 0 fully saturated rings. The molecule has 0 spiro atoms. The standard InChI is InChI=1S/C16H11ClO4/c17-12-6-8-15(19)13(9-12)14(18)7-3-10-1-4-11(5-2-10)16(20)21/h1-9,19H,(H,20,21). The second-order valence-electron chi connectivity index (χ2n) is 4.29. The third kappa shape index (κ3) is 3.70. The van der Waals surface area contributed by atoms with Crippen molar-refractivity contribution >= 4 is 29.4 Å². The number of carboxylic acid groups (broad SMARTS) is 1. The fraction of sp³-hybridized carbons (Fsp3) is 0. The van der Waals surface area contributed by atoms with Gasteiger partial charge in [0.2, 0.25) is 0 Å². The fourth-order valence-corrected chi connectivity index (χ4v) is 1.88. The Hall–Kier alpha value is -2.59. The van der Waals surface area contributed by atoms with Crippen molar-refractivity contribution in [1.82, 2.24) is 0 Å². The number of carbonyl (C=O) groups is 2. The van der Waals surface area contributed by atoms with Crippen molar-refractivity contribution in [3.63, 3.8) is 0 Å². The molecule has 0 atom stereocenters. The zero-order chi connectivity index (χ0) is 15.4. The van der Waals surface area contributed by atoms with E-state index in [9.17, 15) is 14.7 Å². The van der Waals surface area contributed by atoms with Gasteiger partial charge in [0.25, 0.3) is 0 Å². The van der Waals surface area contributed by atoms with Crippen LogP contribution in [0.2, 0.25) is 5.02 Å². The highest BCUT2D eigenvalue weighted by atomic mass is 35.5. The van der Waals surface area contributed by atoms with E-state index in [-0.39, 0.29) is 16.9 Å². The summed E-state index contributed by atoms with van der Waals surface area (Å²) in [6.45, 7) is 0. The molecule has 5 heteroatoms. The molecule has 0 saturated heterocycles. The van der Waals surface area contributed by atoms with E-state index >= 15 is 0 Å². The molecule has 0 aliphatic carbocycles. The van der Waals surface area contributed by atoms with E-state index in [4.69, 9.17) is 16.7 Å². The molecule has 2 aromatic rings. The van der Waals surface area contributed by atoms with Crippen LogP contribution in [0.5, 0.6) is 5.75 Å². The molecule has 2 N–H and O–H groups in total. The number of phenolic OH excluding ortho intramolecular Hbond substituents is 1. The zero-order valence-electron chi connectivity index (χ0n) is 10.8. The second-order valence-corrected chi connectivity index (χ2v) is 4.72. The van der Waals surface area contributed by atoms with Crippen molar-refractivity contribution in [3.8, 4) is 5.75 Å². The van der Waals surface area contributed by atoms with Crippen LogP contribution in [-0.4, -0.2) is 22.0 Å². The SMILES string of the molecule is O=C(O)c1ccc(C=CC(=O)c2cc(Cl)ccc2O)cc1. The van der Waals surface area contributed by atoms with Gasteiger partial charge in [0, 0.05) is 5.02 Å². The van der Waals surface area contributed by atoms with Crippen molar-refractivity contribution in [1.29, 1.82) is 0 Å². The van der Waals surface area contributed by atoms with Crippen molar-refractivity contribution in [3.05, 3.63) is 70.3 Å². The van der Waals surface area contributed by atoms with Crippen molar-refractivity contribution in [2.24, 2.45) is 0 Å². The first-order chi connectivity index (χ1) is 9.97. The zero-order valence-corrected chi connectivity index (χ0v) is 11.5. The van der Waals surface area contributed by atoms with Crippen molar-refractivity contribution in [2.45, 2.75) is 0 Å². The van der Waals surface area contributed by atoms with Gasteiger partial charge in [-0.1, -0.05) is 29.8 Å². The Kier molecular flexibility index (Phi) is 4.40. The van der Waals surface area contributed by atoms with Gasteiger partial charge in [-0.15, -0.1) is 0 Å². The van der Waals surface area contributed by atoms with Crippen molar-refractivity contribution < 1.29 is 19.8 Å². The summed E-state index contributed by atoms with van der Waals surface area (Å²) in [5.41, 5.74) is 0.960. The second kappa shape index (κ2) is 6.24. The smallest absolute Gasteiger partial charge is 0.335 e. The predicted octanol–water partition coefficient (Wildman–Crippen LogP) is 3.64. The highest BCUT2D eigenvalue weighted by Crippen LogP contribution is 2.22. The number of phenols is 1. The summed E-state index contributed by atoms with van der Waals surface area (Å²) < 4.78 is 0. The number of ketones is 1. The fourth-order valence-electron chi connectivity index (χ4n) is 1.70. The predicted molar refractivity (Wildman–Crippen MR) is 79.9 cm³/mol. The summed E-state index contributed by atoms with van der Waals surface area (Å²) in [7, 11) is 0. The van der Waals surface area contributed by atoms with Crippen LogP contribution in [0, 0.1) is 0 Å². The number of rotatable bonds is 4. The molecule has 2 aromatic carbocycles. The van der Waals surface area contributed by atoms with E-state index in [2.05, 4.69) is 0 Å². The summed E-state index contributed by atoms with van der Waals surface area (Å²) in [6.07, 6.45) is 2.83. The lowest BCUT2D eigenvalue weighted by atomic mass is 10.1. The minimum Gasteiger partial charge on any atom is -0.507 e. The minimum absolute atomic E-state index is 0.112. The Morgan fingerprint density at radius 2 is 1.71 bits per heavy atom. The Morgan fingerprint density at radius 3 is 2.33 bits per heavy atom. The molecule has 0 radical (unpaired) electrons. The van der Waals surface area contributed by atoms with Crippen LogP contribution < -0.4 is 0 Å². The van der Waals surface area contributed by atoms with E-state index in [0.717, 1.165) is 0 Å².